The molecule has 1 amide bonds. The first kappa shape index (κ1) is 23.9. The lowest BCUT2D eigenvalue weighted by molar-refractivity contribution is -0.147. The highest BCUT2D eigenvalue weighted by Gasteiger charge is 2.30. The smallest absolute Gasteiger partial charge is 0.344 e. The van der Waals surface area contributed by atoms with Crippen LogP contribution < -0.4 is 10.1 Å². The number of hydrogen-bond acceptors (Lipinski definition) is 7. The zero-order chi connectivity index (χ0) is 23.8. The minimum Gasteiger partial charge on any atom is -0.482 e. The number of nitrogens with one attached hydrogen (secondary N) is 1. The molecule has 2 aliphatic rings. The van der Waals surface area contributed by atoms with Crippen molar-refractivity contribution < 1.29 is 23.9 Å². The molecule has 0 unspecified atom stereocenters. The van der Waals surface area contributed by atoms with Crippen molar-refractivity contribution in [2.45, 2.75) is 25.5 Å². The number of piperidine rings is 1. The molecule has 8 nitrogen and oxygen atoms in total. The summed E-state index contributed by atoms with van der Waals surface area (Å²) in [5, 5.41) is 3.35. The van der Waals surface area contributed by atoms with E-state index in [2.05, 4.69) is 10.2 Å². The van der Waals surface area contributed by atoms with E-state index in [9.17, 15) is 14.4 Å². The van der Waals surface area contributed by atoms with Crippen LogP contribution in [0.15, 0.2) is 54.6 Å². The molecular formula is C26H31N3O5. The molecule has 180 valence electrons. The normalized spacial score (nSPS) is 17.4. The van der Waals surface area contributed by atoms with E-state index in [4.69, 9.17) is 9.47 Å². The Morgan fingerprint density at radius 3 is 2.41 bits per heavy atom. The molecule has 0 spiro atoms. The number of ether oxygens (including phenoxy) is 2. The van der Waals surface area contributed by atoms with Gasteiger partial charge in [-0.25, -0.2) is 4.79 Å². The van der Waals surface area contributed by atoms with Crippen LogP contribution in [0.4, 0.5) is 0 Å². The Labute approximate surface area is 199 Å². The molecule has 1 N–H and O–H groups in total. The molecule has 4 rings (SSSR count). The van der Waals surface area contributed by atoms with Gasteiger partial charge in [-0.1, -0.05) is 30.3 Å². The van der Waals surface area contributed by atoms with E-state index < -0.39 is 5.97 Å². The van der Waals surface area contributed by atoms with Crippen molar-refractivity contribution in [3.63, 3.8) is 0 Å². The van der Waals surface area contributed by atoms with Gasteiger partial charge in [0.1, 0.15) is 12.4 Å². The molecule has 8 heteroatoms. The van der Waals surface area contributed by atoms with Gasteiger partial charge in [-0.05, 0) is 55.8 Å². The lowest BCUT2D eigenvalue weighted by Gasteiger charge is -2.40. The molecule has 2 aromatic rings. The first-order valence-electron chi connectivity index (χ1n) is 11.8. The highest BCUT2D eigenvalue weighted by molar-refractivity contribution is 5.99. The number of rotatable bonds is 9. The fraction of sp³-hybridized carbons (Fsp3) is 0.423. The second-order valence-electron chi connectivity index (χ2n) is 8.65. The minimum absolute atomic E-state index is 0.00658. The molecule has 2 saturated heterocycles. The summed E-state index contributed by atoms with van der Waals surface area (Å²) < 4.78 is 10.7. The van der Waals surface area contributed by atoms with E-state index in [1.807, 2.05) is 30.3 Å². The van der Waals surface area contributed by atoms with Gasteiger partial charge in [0, 0.05) is 24.7 Å². The summed E-state index contributed by atoms with van der Waals surface area (Å²) in [7, 11) is 0. The zero-order valence-electron chi connectivity index (χ0n) is 19.3. The molecule has 2 fully saturated rings. The SMILES string of the molecule is O=C(COc1ccc(C(=O)CN2CCN(C3CCNCC3)CC2=O)cc1)OCc1ccccc1. The molecule has 0 aliphatic carbocycles. The number of Topliss-reactive ketones (excluding diaryl/α,β-unsaturated/α-hetero) is 1. The van der Waals surface area contributed by atoms with E-state index >= 15 is 0 Å². The first-order valence-corrected chi connectivity index (χ1v) is 11.8. The van der Waals surface area contributed by atoms with Gasteiger partial charge in [0.05, 0.1) is 13.1 Å². The number of nitrogens with zero attached hydrogens (tertiary/aromatic N) is 2. The zero-order valence-corrected chi connectivity index (χ0v) is 19.3. The second kappa shape index (κ2) is 11.8. The Balaban J connectivity index is 1.20. The third-order valence-corrected chi connectivity index (χ3v) is 6.28. The Morgan fingerprint density at radius 1 is 0.971 bits per heavy atom. The van der Waals surface area contributed by atoms with Crippen molar-refractivity contribution in [1.82, 2.24) is 15.1 Å². The molecule has 0 atom stereocenters. The number of benzene rings is 2. The molecule has 0 aromatic heterocycles. The van der Waals surface area contributed by atoms with E-state index in [1.54, 1.807) is 29.2 Å². The highest BCUT2D eigenvalue weighted by atomic mass is 16.6. The maximum atomic E-state index is 12.7. The van der Waals surface area contributed by atoms with E-state index in [-0.39, 0.29) is 31.4 Å². The molecule has 2 aromatic carbocycles. The lowest BCUT2D eigenvalue weighted by Crippen LogP contribution is -2.56. The van der Waals surface area contributed by atoms with Crippen LogP contribution in [0.2, 0.25) is 0 Å². The highest BCUT2D eigenvalue weighted by Crippen LogP contribution is 2.17. The predicted octanol–water partition coefficient (Wildman–Crippen LogP) is 1.89. The van der Waals surface area contributed by atoms with E-state index in [0.29, 0.717) is 30.4 Å². The van der Waals surface area contributed by atoms with Crippen molar-refractivity contribution in [1.29, 1.82) is 0 Å². The fourth-order valence-electron chi connectivity index (χ4n) is 4.30. The standard InChI is InChI=1S/C26H31N3O5/c30-24(16-29-15-14-28(17-25(29)31)22-10-12-27-13-11-22)21-6-8-23(9-7-21)33-19-26(32)34-18-20-4-2-1-3-5-20/h1-9,22,27H,10-19H2. The van der Waals surface area contributed by atoms with Gasteiger partial charge in [0.2, 0.25) is 5.91 Å². The summed E-state index contributed by atoms with van der Waals surface area (Å²) >= 11 is 0. The van der Waals surface area contributed by atoms with Gasteiger partial charge >= 0.3 is 5.97 Å². The van der Waals surface area contributed by atoms with Crippen LogP contribution in [-0.2, 0) is 20.9 Å². The summed E-state index contributed by atoms with van der Waals surface area (Å²) in [5.41, 5.74) is 1.41. The number of carbonyl (C=O) groups excluding carboxylic acids is 3. The predicted molar refractivity (Wildman–Crippen MR) is 127 cm³/mol. The summed E-state index contributed by atoms with van der Waals surface area (Å²) in [6, 6.07) is 16.5. The average Bonchev–Trinajstić information content (AvgIpc) is 2.89. The van der Waals surface area contributed by atoms with Crippen LogP contribution in [0.1, 0.15) is 28.8 Å². The molecule has 34 heavy (non-hydrogen) atoms. The van der Waals surface area contributed by atoms with Crippen molar-refractivity contribution in [3.8, 4) is 5.75 Å². The molecule has 2 heterocycles. The van der Waals surface area contributed by atoms with Crippen molar-refractivity contribution >= 4 is 17.7 Å². The number of hydrogen-bond donors (Lipinski definition) is 1. The van der Waals surface area contributed by atoms with Crippen LogP contribution >= 0.6 is 0 Å². The number of piperazine rings is 1. The Hall–Kier alpha value is -3.23. The van der Waals surface area contributed by atoms with Crippen molar-refractivity contribution in [3.05, 3.63) is 65.7 Å². The van der Waals surface area contributed by atoms with Gasteiger partial charge in [0.25, 0.3) is 0 Å². The Kier molecular flexibility index (Phi) is 8.27. The monoisotopic (exact) mass is 465 g/mol. The van der Waals surface area contributed by atoms with Crippen molar-refractivity contribution in [2.75, 3.05) is 45.9 Å². The number of esters is 1. The number of carbonyl (C=O) groups is 3. The van der Waals surface area contributed by atoms with Crippen LogP contribution in [0, 0.1) is 0 Å². The quantitative estimate of drug-likeness (QED) is 0.447. The fourth-order valence-corrected chi connectivity index (χ4v) is 4.30. The Bertz CT molecular complexity index is 974. The largest absolute Gasteiger partial charge is 0.482 e. The first-order chi connectivity index (χ1) is 16.6. The molecular weight excluding hydrogens is 434 g/mol. The summed E-state index contributed by atoms with van der Waals surface area (Å²) in [5.74, 6) is -0.101. The number of amides is 1. The van der Waals surface area contributed by atoms with Gasteiger partial charge in [-0.3, -0.25) is 14.5 Å². The van der Waals surface area contributed by atoms with Crippen molar-refractivity contribution in [2.24, 2.45) is 0 Å². The van der Waals surface area contributed by atoms with Gasteiger partial charge < -0.3 is 19.7 Å². The topological polar surface area (TPSA) is 88.2 Å². The number of ketones is 1. The summed E-state index contributed by atoms with van der Waals surface area (Å²) in [6.07, 6.45) is 2.12. The van der Waals surface area contributed by atoms with Crippen LogP contribution in [0.3, 0.4) is 0 Å². The summed E-state index contributed by atoms with van der Waals surface area (Å²) in [6.45, 7) is 3.79. The van der Waals surface area contributed by atoms with E-state index in [0.717, 1.165) is 38.0 Å². The third-order valence-electron chi connectivity index (χ3n) is 6.28. The van der Waals surface area contributed by atoms with Gasteiger partial charge in [0.15, 0.2) is 12.4 Å². The van der Waals surface area contributed by atoms with Gasteiger partial charge in [-0.15, -0.1) is 0 Å². The van der Waals surface area contributed by atoms with E-state index in [1.165, 1.54) is 0 Å². The maximum Gasteiger partial charge on any atom is 0.344 e. The third kappa shape index (κ3) is 6.65. The summed E-state index contributed by atoms with van der Waals surface area (Å²) in [4.78, 5) is 41.1. The van der Waals surface area contributed by atoms with Crippen LogP contribution in [0.5, 0.6) is 5.75 Å². The molecule has 0 bridgehead atoms. The molecule has 0 saturated carbocycles. The van der Waals surface area contributed by atoms with Crippen LogP contribution in [-0.4, -0.2) is 79.4 Å². The van der Waals surface area contributed by atoms with Crippen LogP contribution in [0.25, 0.3) is 0 Å². The lowest BCUT2D eigenvalue weighted by atomic mass is 10.0. The minimum atomic E-state index is -0.467. The maximum absolute atomic E-state index is 12.7. The Morgan fingerprint density at radius 2 is 1.71 bits per heavy atom. The molecule has 0 radical (unpaired) electrons. The van der Waals surface area contributed by atoms with Gasteiger partial charge in [-0.2, -0.15) is 0 Å². The average molecular weight is 466 g/mol. The second-order valence-corrected chi connectivity index (χ2v) is 8.65. The molecule has 2 aliphatic heterocycles.